The zero-order chi connectivity index (χ0) is 10.7. The van der Waals surface area contributed by atoms with Gasteiger partial charge in [0.15, 0.2) is 0 Å². The van der Waals surface area contributed by atoms with Crippen LogP contribution in [0.1, 0.15) is 23.4 Å². The Bertz CT molecular complexity index is 335. The van der Waals surface area contributed by atoms with Crippen molar-refractivity contribution < 1.29 is 13.9 Å². The summed E-state index contributed by atoms with van der Waals surface area (Å²) in [5.41, 5.74) is 0.432. The Hall–Kier alpha value is 0.180. The maximum absolute atomic E-state index is 12.5. The fraction of sp³-hybridized carbons (Fsp3) is 0.375. The topological polar surface area (TPSA) is 33.1 Å². The summed E-state index contributed by atoms with van der Waals surface area (Å²) in [5.74, 6) is 0. The van der Waals surface area contributed by atoms with Gasteiger partial charge in [0.2, 0.25) is 0 Å². The third-order valence-electron chi connectivity index (χ3n) is 1.66. The molecule has 1 aromatic rings. The molecule has 1 rings (SSSR count). The second-order valence-electron chi connectivity index (χ2n) is 2.55. The van der Waals surface area contributed by atoms with Crippen LogP contribution in [0.3, 0.4) is 0 Å². The van der Waals surface area contributed by atoms with E-state index in [2.05, 4.69) is 20.9 Å². The van der Waals surface area contributed by atoms with Crippen LogP contribution in [0.25, 0.3) is 0 Å². The van der Waals surface area contributed by atoms with Crippen molar-refractivity contribution in [2.45, 2.75) is 18.4 Å². The molecule has 0 saturated heterocycles. The molecule has 0 unspecified atom stereocenters. The van der Waals surface area contributed by atoms with E-state index in [0.29, 0.717) is 14.6 Å². The Morgan fingerprint density at radius 3 is 2.64 bits per heavy atom. The van der Waals surface area contributed by atoms with Crippen LogP contribution in [0, 0.1) is 3.57 Å². The maximum atomic E-state index is 12.5. The van der Waals surface area contributed by atoms with Gasteiger partial charge in [0, 0.05) is 14.5 Å². The highest BCUT2D eigenvalue weighted by atomic mass is 127. The van der Waals surface area contributed by atoms with Gasteiger partial charge in [-0.25, -0.2) is 8.78 Å². The molecule has 0 radical (unpaired) electrons. The van der Waals surface area contributed by atoms with Crippen molar-refractivity contribution >= 4 is 38.5 Å². The molecule has 0 aromatic carbocycles. The smallest absolute Gasteiger partial charge is 0.280 e. The van der Waals surface area contributed by atoms with Crippen molar-refractivity contribution in [3.63, 3.8) is 0 Å². The summed E-state index contributed by atoms with van der Waals surface area (Å²) >= 11 is 5.06. The molecule has 1 aromatic heterocycles. The highest BCUT2D eigenvalue weighted by Crippen LogP contribution is 2.26. The first-order chi connectivity index (χ1) is 6.60. The van der Waals surface area contributed by atoms with Crippen LogP contribution in [0.5, 0.6) is 0 Å². The van der Waals surface area contributed by atoms with E-state index in [4.69, 9.17) is 5.11 Å². The summed E-state index contributed by atoms with van der Waals surface area (Å²) in [7, 11) is 0. The number of rotatable bonds is 3. The quantitative estimate of drug-likeness (QED) is 0.648. The van der Waals surface area contributed by atoms with Gasteiger partial charge in [-0.1, -0.05) is 15.9 Å². The van der Waals surface area contributed by atoms with Gasteiger partial charge in [-0.05, 0) is 28.7 Å². The minimum Gasteiger partial charge on any atom is -0.392 e. The molecule has 0 bridgehead atoms. The third-order valence-corrected chi connectivity index (χ3v) is 3.19. The van der Waals surface area contributed by atoms with Crippen LogP contribution in [-0.4, -0.2) is 10.1 Å². The standard InChI is InChI=1S/C8H7BrF2INO/c9-2-4-1-6(12)5(3-14)7(13-4)8(10)11/h1,8,14H,2-3H2. The number of hydrogen-bond acceptors (Lipinski definition) is 2. The van der Waals surface area contributed by atoms with Crippen LogP contribution >= 0.6 is 38.5 Å². The number of pyridine rings is 1. The Morgan fingerprint density at radius 1 is 1.57 bits per heavy atom. The number of aromatic nitrogens is 1. The molecule has 6 heteroatoms. The van der Waals surface area contributed by atoms with Crippen LogP contribution < -0.4 is 0 Å². The number of halogens is 4. The maximum Gasteiger partial charge on any atom is 0.280 e. The monoisotopic (exact) mass is 377 g/mol. The number of alkyl halides is 3. The second-order valence-corrected chi connectivity index (χ2v) is 4.27. The Balaban J connectivity index is 3.28. The van der Waals surface area contributed by atoms with Gasteiger partial charge >= 0.3 is 0 Å². The van der Waals surface area contributed by atoms with Crippen molar-refractivity contribution in [1.29, 1.82) is 0 Å². The Kier molecular flexibility index (Phi) is 4.65. The van der Waals surface area contributed by atoms with Gasteiger partial charge in [0.1, 0.15) is 5.69 Å². The zero-order valence-corrected chi connectivity index (χ0v) is 10.7. The molecule has 0 saturated carbocycles. The number of aliphatic hydroxyl groups is 1. The normalized spacial score (nSPS) is 11.0. The van der Waals surface area contributed by atoms with Gasteiger partial charge in [-0.15, -0.1) is 0 Å². The van der Waals surface area contributed by atoms with E-state index < -0.39 is 13.0 Å². The van der Waals surface area contributed by atoms with Crippen LogP contribution in [0.15, 0.2) is 6.07 Å². The summed E-state index contributed by atoms with van der Waals surface area (Å²) in [6.45, 7) is -0.409. The number of nitrogens with zero attached hydrogens (tertiary/aromatic N) is 1. The minimum absolute atomic E-state index is 0.213. The number of hydrogen-bond donors (Lipinski definition) is 1. The lowest BCUT2D eigenvalue weighted by Gasteiger charge is -2.09. The molecule has 0 aliphatic rings. The highest BCUT2D eigenvalue weighted by Gasteiger charge is 2.17. The Labute approximate surface area is 102 Å². The SMILES string of the molecule is OCc1c(I)cc(CBr)nc1C(F)F. The van der Waals surface area contributed by atoms with Crippen LogP contribution in [0.4, 0.5) is 8.78 Å². The fourth-order valence-electron chi connectivity index (χ4n) is 1.02. The lowest BCUT2D eigenvalue weighted by Crippen LogP contribution is -2.04. The van der Waals surface area contributed by atoms with Gasteiger partial charge < -0.3 is 5.11 Å². The zero-order valence-electron chi connectivity index (χ0n) is 6.98. The van der Waals surface area contributed by atoms with Crippen molar-refractivity contribution in [1.82, 2.24) is 4.98 Å². The summed E-state index contributed by atoms with van der Waals surface area (Å²) in [4.78, 5) is 3.76. The lowest BCUT2D eigenvalue weighted by atomic mass is 10.2. The second kappa shape index (κ2) is 5.32. The molecular weight excluding hydrogens is 371 g/mol. The molecule has 78 valence electrons. The summed E-state index contributed by atoms with van der Waals surface area (Å²) < 4.78 is 25.7. The van der Waals surface area contributed by atoms with E-state index in [1.165, 1.54) is 0 Å². The first-order valence-electron chi connectivity index (χ1n) is 3.73. The minimum atomic E-state index is -2.65. The molecule has 0 aliphatic heterocycles. The molecule has 0 fully saturated rings. The predicted molar refractivity (Wildman–Crippen MR) is 60.5 cm³/mol. The predicted octanol–water partition coefficient (Wildman–Crippen LogP) is 3.01. The van der Waals surface area contributed by atoms with E-state index in [0.717, 1.165) is 0 Å². The summed E-state index contributed by atoms with van der Waals surface area (Å²) in [6, 6.07) is 1.67. The average Bonchev–Trinajstić information content (AvgIpc) is 2.16. The van der Waals surface area contributed by atoms with Crippen LogP contribution in [-0.2, 0) is 11.9 Å². The molecule has 2 nitrogen and oxygen atoms in total. The first-order valence-corrected chi connectivity index (χ1v) is 5.93. The molecule has 0 aliphatic carbocycles. The summed E-state index contributed by atoms with van der Waals surface area (Å²) in [6.07, 6.45) is -2.65. The molecular formula is C8H7BrF2INO. The van der Waals surface area contributed by atoms with Gasteiger partial charge in [-0.2, -0.15) is 0 Å². The average molecular weight is 378 g/mol. The third kappa shape index (κ3) is 2.60. The van der Waals surface area contributed by atoms with Crippen molar-refractivity contribution in [3.8, 4) is 0 Å². The fourth-order valence-corrected chi connectivity index (χ4v) is 2.11. The van der Waals surface area contributed by atoms with E-state index >= 15 is 0 Å². The van der Waals surface area contributed by atoms with Gasteiger partial charge in [-0.3, -0.25) is 4.98 Å². The molecule has 14 heavy (non-hydrogen) atoms. The van der Waals surface area contributed by atoms with Crippen LogP contribution in [0.2, 0.25) is 0 Å². The lowest BCUT2D eigenvalue weighted by molar-refractivity contribution is 0.141. The Morgan fingerprint density at radius 2 is 2.21 bits per heavy atom. The molecule has 1 heterocycles. The van der Waals surface area contributed by atoms with Gasteiger partial charge in [0.05, 0.1) is 12.3 Å². The molecule has 0 spiro atoms. The summed E-state index contributed by atoms with van der Waals surface area (Å²) in [5, 5.41) is 9.35. The highest BCUT2D eigenvalue weighted by molar-refractivity contribution is 14.1. The first kappa shape index (κ1) is 12.3. The van der Waals surface area contributed by atoms with E-state index in [1.807, 2.05) is 22.6 Å². The van der Waals surface area contributed by atoms with E-state index in [-0.39, 0.29) is 11.3 Å². The van der Waals surface area contributed by atoms with Crippen molar-refractivity contribution in [3.05, 3.63) is 26.6 Å². The van der Waals surface area contributed by atoms with E-state index in [9.17, 15) is 8.78 Å². The van der Waals surface area contributed by atoms with Gasteiger partial charge in [0.25, 0.3) is 6.43 Å². The van der Waals surface area contributed by atoms with Crippen molar-refractivity contribution in [2.75, 3.05) is 0 Å². The molecule has 1 N–H and O–H groups in total. The number of aliphatic hydroxyl groups excluding tert-OH is 1. The molecule has 0 atom stereocenters. The molecule has 0 amide bonds. The van der Waals surface area contributed by atoms with E-state index in [1.54, 1.807) is 6.07 Å². The van der Waals surface area contributed by atoms with Crippen molar-refractivity contribution in [2.24, 2.45) is 0 Å². The largest absolute Gasteiger partial charge is 0.392 e.